The van der Waals surface area contributed by atoms with Crippen molar-refractivity contribution >= 4 is 10.0 Å². The molecule has 0 unspecified atom stereocenters. The van der Waals surface area contributed by atoms with Crippen molar-refractivity contribution < 1.29 is 75.1 Å². The van der Waals surface area contributed by atoms with Crippen LogP contribution in [-0.2, 0) is 71.6 Å². The quantitative estimate of drug-likeness (QED) is 0.0561. The van der Waals surface area contributed by atoms with Crippen molar-refractivity contribution in [1.29, 1.82) is 0 Å². The molecule has 0 spiro atoms. The highest BCUT2D eigenvalue weighted by atomic mass is 32.2. The lowest BCUT2D eigenvalue weighted by Gasteiger charge is -2.33. The van der Waals surface area contributed by atoms with Crippen LogP contribution in [0.1, 0.15) is 216 Å². The highest BCUT2D eigenvalue weighted by molar-refractivity contribution is 7.88. The molecule has 10 fully saturated rings. The fourth-order valence-electron chi connectivity index (χ4n) is 15.2. The van der Waals surface area contributed by atoms with Gasteiger partial charge in [-0.25, -0.2) is 8.42 Å². The van der Waals surface area contributed by atoms with E-state index in [1.54, 1.807) is 4.31 Å². The van der Waals surface area contributed by atoms with Gasteiger partial charge in [0, 0.05) is 229 Å². The number of rotatable bonds is 44. The summed E-state index contributed by atoms with van der Waals surface area (Å²) < 4.78 is 94.8. The second-order valence-electron chi connectivity index (χ2n) is 39.6. The summed E-state index contributed by atoms with van der Waals surface area (Å²) in [6.45, 7) is 95.3. The molecular weight excluding hydrogens is 1690 g/mol. The molecule has 30 nitrogen and oxygen atoms in total. The molecule has 0 saturated carbocycles. The van der Waals surface area contributed by atoms with E-state index >= 15 is 0 Å². The van der Waals surface area contributed by atoms with Crippen LogP contribution >= 0.6 is 0 Å². The molecule has 10 rings (SSSR count). The van der Waals surface area contributed by atoms with Gasteiger partial charge in [-0.05, 0) is 269 Å². The first-order valence-electron chi connectivity index (χ1n) is 52.3. The van der Waals surface area contributed by atoms with Crippen LogP contribution in [0.4, 0.5) is 0 Å². The highest BCUT2D eigenvalue weighted by Crippen LogP contribution is 2.17. The fourth-order valence-corrected chi connectivity index (χ4v) is 16.0. The minimum absolute atomic E-state index is 0.289. The second kappa shape index (κ2) is 84.5. The maximum Gasteiger partial charge on any atom is 0.211 e. The number of morpholine rings is 3. The summed E-state index contributed by atoms with van der Waals surface area (Å²) in [5.41, 5.74) is 0. The Morgan fingerprint density at radius 2 is 0.458 bits per heavy atom. The maximum atomic E-state index is 11.3. The molecule has 10 aliphatic rings. The molecule has 786 valence electrons. The molecule has 1 N–H and O–H groups in total. The number of likely N-dealkylation sites (N-methyl/N-ethyl adjacent to an activating group) is 3. The van der Waals surface area contributed by atoms with Crippen LogP contribution in [0.5, 0.6) is 0 Å². The average molecular weight is 1900 g/mol. The first-order chi connectivity index (χ1) is 62.6. The second-order valence-corrected chi connectivity index (χ2v) is 41.6. The Hall–Kier alpha value is -1.17. The van der Waals surface area contributed by atoms with Gasteiger partial charge in [0.25, 0.3) is 0 Å². The number of hydrogen-bond donors (Lipinski definition) is 1. The smallest absolute Gasteiger partial charge is 0.211 e. The number of likely N-dealkylation sites (tertiary alicyclic amines) is 3. The van der Waals surface area contributed by atoms with E-state index in [-0.39, 0.29) is 6.10 Å². The lowest BCUT2D eigenvalue weighted by Crippen LogP contribution is -2.48. The molecule has 131 heavy (non-hydrogen) atoms. The van der Waals surface area contributed by atoms with Crippen LogP contribution < -0.4 is 0 Å². The standard InChI is InChI=1S/C11H24N2O3S.C11H24N2O.C11H23NO2.C11H23NO.C10H22N2O.C10H21NO2.C10H21NO.C9H20N2O.C9H19NO2.C8H17NO2/c1-11(2)16-10-4-5-12-6-8-13(9-7-12)17(3,14)15;1-11(2)14-10-4-5-13-8-6-12(3)7-9-13;1-10(2)14-8-7-12-5-3-11(9-13)4-6-12;1-11(2)13-10-6-9-12-7-4-3-5-8-12;1-10(2)13-9-8-12-6-4-11(3)5-7-12;1-10(2)13-7-3-4-11-5-8-12-9-6-11;1-10(2)12-9-8-11-6-4-3-5-7-11;1-9(2)12-8-11-6-4-10(3)5-7-11;1-9(2)12-8-5-10-3-6-11-7-4-10;1-8(2)11-7-9-3-5-10-6-4-9/h11H,4-10H2,1-3H3;11H,4-10H2,1-3H3;10-11,13H,3-9H2,1-2H3;11H,3-10H2,1-2H3;10H,4-9H2,1-3H3;10H,3-9H2,1-2H3;10H,3-9H2,1-2H3;9H,4-8H2,1-3H3;9H,3-8H2,1-2H3;8H,3-7H2,1-2H3. The van der Waals surface area contributed by atoms with Crippen LogP contribution in [0.15, 0.2) is 0 Å². The van der Waals surface area contributed by atoms with E-state index in [1.807, 2.05) is 13.8 Å². The van der Waals surface area contributed by atoms with E-state index in [2.05, 4.69) is 209 Å². The lowest BCUT2D eigenvalue weighted by molar-refractivity contribution is -0.0511. The summed E-state index contributed by atoms with van der Waals surface area (Å²) in [5.74, 6) is 0.539. The van der Waals surface area contributed by atoms with Gasteiger partial charge >= 0.3 is 0 Å². The third kappa shape index (κ3) is 82.1. The summed E-state index contributed by atoms with van der Waals surface area (Å²) in [7, 11) is 3.54. The molecule has 10 heterocycles. The van der Waals surface area contributed by atoms with Crippen LogP contribution in [-0.4, -0.2) is 518 Å². The molecule has 10 saturated heterocycles. The third-order valence-corrected chi connectivity index (χ3v) is 25.0. The normalized spacial score (nSPS) is 20.5. The summed E-state index contributed by atoms with van der Waals surface area (Å²) in [6.07, 6.45) is 20.0. The molecule has 0 aromatic heterocycles. The number of hydrogen-bond acceptors (Lipinski definition) is 29. The predicted molar refractivity (Wildman–Crippen MR) is 543 cm³/mol. The predicted octanol–water partition coefficient (Wildman–Crippen LogP) is 10.6. The minimum atomic E-state index is -3.00. The molecular formula is C100H214N14O16S. The Bertz CT molecular complexity index is 2450. The largest absolute Gasteiger partial charge is 0.396 e. The van der Waals surface area contributed by atoms with E-state index in [0.29, 0.717) is 80.5 Å². The van der Waals surface area contributed by atoms with Gasteiger partial charge in [0.05, 0.1) is 147 Å². The van der Waals surface area contributed by atoms with E-state index in [9.17, 15) is 8.42 Å². The van der Waals surface area contributed by atoms with Crippen LogP contribution in [0.3, 0.4) is 0 Å². The molecule has 0 aromatic carbocycles. The summed E-state index contributed by atoms with van der Waals surface area (Å²) in [4.78, 5) is 31.4. The zero-order chi connectivity index (χ0) is 97.1. The molecule has 0 amide bonds. The van der Waals surface area contributed by atoms with Gasteiger partial charge in [0.2, 0.25) is 10.0 Å². The Morgan fingerprint density at radius 3 is 0.725 bits per heavy atom. The number of ether oxygens (including phenoxy) is 13. The van der Waals surface area contributed by atoms with Crippen LogP contribution in [0.25, 0.3) is 0 Å². The molecule has 0 atom stereocenters. The SMILES string of the molecule is CC(C)OCCCN1CCCCC1.CC(C)OCCCN1CCN(C)CC1.CC(C)OCCCN1CCN(S(C)(=O)=O)CC1.CC(C)OCCCN1CCOCC1.CC(C)OCCN1CCC(CO)CC1.CC(C)OCCN1CCCCC1.CC(C)OCCN1CCN(C)CC1.CC(C)OCCN1CCOCC1.CC(C)OCN1CCN(C)CC1.CC(C)OCN1CCOCC1. The number of aliphatic hydroxyl groups is 1. The third-order valence-electron chi connectivity index (χ3n) is 23.7. The van der Waals surface area contributed by atoms with Gasteiger partial charge in [0.15, 0.2) is 0 Å². The van der Waals surface area contributed by atoms with Gasteiger partial charge in [0.1, 0.15) is 0 Å². The number of piperidine rings is 3. The topological polar surface area (TPSA) is 220 Å². The van der Waals surface area contributed by atoms with E-state index in [1.165, 1.54) is 162 Å². The van der Waals surface area contributed by atoms with E-state index in [0.717, 1.165) is 249 Å². The minimum Gasteiger partial charge on any atom is -0.396 e. The summed E-state index contributed by atoms with van der Waals surface area (Å²) >= 11 is 0. The summed E-state index contributed by atoms with van der Waals surface area (Å²) in [5, 5.41) is 8.98. The molecule has 10 aliphatic heterocycles. The number of sulfonamides is 1. The first kappa shape index (κ1) is 128. The summed E-state index contributed by atoms with van der Waals surface area (Å²) in [6, 6.07) is 0. The monoisotopic (exact) mass is 1900 g/mol. The number of aliphatic hydroxyl groups excluding tert-OH is 1. The van der Waals surface area contributed by atoms with Crippen molar-refractivity contribution in [2.24, 2.45) is 5.92 Å². The zero-order valence-corrected chi connectivity index (χ0v) is 90.4. The Morgan fingerprint density at radius 1 is 0.252 bits per heavy atom. The lowest BCUT2D eigenvalue weighted by atomic mass is 9.98. The molecule has 0 aliphatic carbocycles. The number of piperazine rings is 4. The van der Waals surface area contributed by atoms with Crippen LogP contribution in [0.2, 0.25) is 0 Å². The van der Waals surface area contributed by atoms with Gasteiger partial charge in [-0.3, -0.25) is 24.5 Å². The first-order valence-corrected chi connectivity index (χ1v) is 54.2. The van der Waals surface area contributed by atoms with Gasteiger partial charge in [-0.2, -0.15) is 4.31 Å². The average Bonchev–Trinajstić information content (AvgIpc) is 0.857. The molecule has 0 bridgehead atoms. The Kier molecular flexibility index (Phi) is 82.5. The Labute approximate surface area is 807 Å². The zero-order valence-electron chi connectivity index (χ0n) is 89.6. The van der Waals surface area contributed by atoms with E-state index in [4.69, 9.17) is 66.7 Å². The number of nitrogens with zero attached hydrogens (tertiary/aromatic N) is 14. The van der Waals surface area contributed by atoms with E-state index < -0.39 is 10.0 Å². The molecule has 0 aromatic rings. The van der Waals surface area contributed by atoms with Crippen LogP contribution in [0, 0.1) is 5.92 Å². The van der Waals surface area contributed by atoms with Gasteiger partial charge in [-0.1, -0.05) is 12.8 Å². The molecule has 0 radical (unpaired) electrons. The van der Waals surface area contributed by atoms with Gasteiger partial charge in [-0.15, -0.1) is 0 Å². The van der Waals surface area contributed by atoms with Crippen molar-refractivity contribution in [1.82, 2.24) is 68.0 Å². The highest BCUT2D eigenvalue weighted by Gasteiger charge is 2.25. The van der Waals surface area contributed by atoms with Crippen molar-refractivity contribution in [3.8, 4) is 0 Å². The molecule has 31 heteroatoms. The van der Waals surface area contributed by atoms with Crippen molar-refractivity contribution in [2.75, 3.05) is 376 Å². The fraction of sp³-hybridized carbons (Fsp3) is 1.00. The Balaban J connectivity index is 0.000000729. The van der Waals surface area contributed by atoms with Crippen molar-refractivity contribution in [3.05, 3.63) is 0 Å². The van der Waals surface area contributed by atoms with Crippen molar-refractivity contribution in [2.45, 2.75) is 277 Å². The van der Waals surface area contributed by atoms with Gasteiger partial charge < -0.3 is 106 Å². The van der Waals surface area contributed by atoms with Crippen molar-refractivity contribution in [3.63, 3.8) is 0 Å². The maximum absolute atomic E-state index is 11.3.